The molecule has 0 bridgehead atoms. The molecule has 1 aromatic carbocycles. The normalized spacial score (nSPS) is 11.6. The van der Waals surface area contributed by atoms with Gasteiger partial charge in [-0.3, -0.25) is 4.79 Å². The van der Waals surface area contributed by atoms with E-state index in [9.17, 15) is 9.18 Å². The number of aromatic nitrogens is 2. The summed E-state index contributed by atoms with van der Waals surface area (Å²) >= 11 is 4.53. The second-order valence-electron chi connectivity index (χ2n) is 4.33. The topological polar surface area (TPSA) is 47.2 Å². The first-order chi connectivity index (χ1) is 10.1. The molecule has 0 N–H and O–H groups in total. The Kier molecular flexibility index (Phi) is 3.69. The third kappa shape index (κ3) is 2.66. The molecule has 106 valence electrons. The molecule has 0 atom stereocenters. The summed E-state index contributed by atoms with van der Waals surface area (Å²) in [6.45, 7) is 1.72. The molecule has 2 aromatic heterocycles. The second kappa shape index (κ2) is 5.50. The Bertz CT molecular complexity index is 916. The van der Waals surface area contributed by atoms with E-state index in [4.69, 9.17) is 0 Å². The van der Waals surface area contributed by atoms with Crippen molar-refractivity contribution in [3.05, 3.63) is 61.7 Å². The molecule has 0 unspecified atom stereocenters. The van der Waals surface area contributed by atoms with Crippen LogP contribution >= 0.6 is 27.3 Å². The summed E-state index contributed by atoms with van der Waals surface area (Å²) < 4.78 is 14.8. The molecular formula is C14H9BrFN3OS. The van der Waals surface area contributed by atoms with Gasteiger partial charge in [0.05, 0.1) is 16.1 Å². The van der Waals surface area contributed by atoms with Crippen molar-refractivity contribution in [3.63, 3.8) is 0 Å². The van der Waals surface area contributed by atoms with Gasteiger partial charge in [0.1, 0.15) is 16.5 Å². The van der Waals surface area contributed by atoms with Crippen LogP contribution in [-0.2, 0) is 0 Å². The van der Waals surface area contributed by atoms with E-state index in [1.807, 2.05) is 5.38 Å². The molecule has 2 heterocycles. The maximum atomic E-state index is 13.2. The summed E-state index contributed by atoms with van der Waals surface area (Å²) in [5.41, 5.74) is 0.469. The fourth-order valence-electron chi connectivity index (χ4n) is 1.86. The molecule has 3 aromatic rings. The summed E-state index contributed by atoms with van der Waals surface area (Å²) in [7, 11) is 0. The second-order valence-corrected chi connectivity index (χ2v) is 6.08. The van der Waals surface area contributed by atoms with Crippen LogP contribution < -0.4 is 5.56 Å². The summed E-state index contributed by atoms with van der Waals surface area (Å²) in [5.74, 6) is 0.161. The third-order valence-electron chi connectivity index (χ3n) is 2.90. The quantitative estimate of drug-likeness (QED) is 0.652. The molecule has 0 amide bonds. The highest BCUT2D eigenvalue weighted by Gasteiger charge is 2.08. The van der Waals surface area contributed by atoms with Crippen molar-refractivity contribution in [2.24, 2.45) is 5.10 Å². The predicted octanol–water partition coefficient (Wildman–Crippen LogP) is 3.55. The van der Waals surface area contributed by atoms with Gasteiger partial charge in [-0.2, -0.15) is 9.78 Å². The lowest BCUT2D eigenvalue weighted by Gasteiger charge is -2.03. The zero-order valence-electron chi connectivity index (χ0n) is 10.9. The van der Waals surface area contributed by atoms with E-state index in [2.05, 4.69) is 26.0 Å². The average molecular weight is 366 g/mol. The number of aryl methyl sites for hydroxylation is 1. The van der Waals surface area contributed by atoms with Crippen molar-refractivity contribution in [3.8, 4) is 0 Å². The SMILES string of the molecule is Cc1nc2sccc2c(=O)n1/N=C\c1ccc(F)c(Br)c1. The Morgan fingerprint density at radius 1 is 1.43 bits per heavy atom. The molecule has 0 saturated carbocycles. The van der Waals surface area contributed by atoms with E-state index in [0.29, 0.717) is 26.1 Å². The van der Waals surface area contributed by atoms with Gasteiger partial charge in [-0.25, -0.2) is 9.37 Å². The van der Waals surface area contributed by atoms with Gasteiger partial charge in [0, 0.05) is 0 Å². The molecule has 0 aliphatic rings. The number of thiophene rings is 1. The molecule has 4 nitrogen and oxygen atoms in total. The number of rotatable bonds is 2. The van der Waals surface area contributed by atoms with E-state index in [0.717, 1.165) is 0 Å². The third-order valence-corrected chi connectivity index (χ3v) is 4.32. The number of halogens is 2. The minimum atomic E-state index is -0.346. The van der Waals surface area contributed by atoms with Crippen LogP contribution in [0.5, 0.6) is 0 Å². The summed E-state index contributed by atoms with van der Waals surface area (Å²) in [6, 6.07) is 6.24. The molecule has 3 rings (SSSR count). The maximum Gasteiger partial charge on any atom is 0.282 e. The molecule has 0 fully saturated rings. The minimum absolute atomic E-state index is 0.212. The summed E-state index contributed by atoms with van der Waals surface area (Å²) in [5, 5.41) is 6.52. The number of nitrogens with zero attached hydrogens (tertiary/aromatic N) is 3. The predicted molar refractivity (Wildman–Crippen MR) is 85.7 cm³/mol. The van der Waals surface area contributed by atoms with E-state index < -0.39 is 0 Å². The largest absolute Gasteiger partial charge is 0.282 e. The average Bonchev–Trinajstić information content (AvgIpc) is 2.90. The molecule has 7 heteroatoms. The van der Waals surface area contributed by atoms with E-state index in [1.54, 1.807) is 25.1 Å². The number of benzene rings is 1. The minimum Gasteiger partial charge on any atom is -0.267 e. The van der Waals surface area contributed by atoms with Crippen LogP contribution in [-0.4, -0.2) is 15.9 Å². The van der Waals surface area contributed by atoms with Crippen molar-refractivity contribution >= 4 is 43.7 Å². The fourth-order valence-corrected chi connectivity index (χ4v) is 3.06. The Morgan fingerprint density at radius 2 is 2.24 bits per heavy atom. The van der Waals surface area contributed by atoms with Crippen LogP contribution in [0.2, 0.25) is 0 Å². The highest BCUT2D eigenvalue weighted by atomic mass is 79.9. The van der Waals surface area contributed by atoms with Crippen molar-refractivity contribution < 1.29 is 4.39 Å². The van der Waals surface area contributed by atoms with Crippen molar-refractivity contribution in [1.82, 2.24) is 9.66 Å². The zero-order valence-corrected chi connectivity index (χ0v) is 13.3. The first-order valence-corrected chi connectivity index (χ1v) is 7.70. The van der Waals surface area contributed by atoms with Gasteiger partial charge in [0.2, 0.25) is 0 Å². The van der Waals surface area contributed by atoms with Crippen LogP contribution in [0.1, 0.15) is 11.4 Å². The van der Waals surface area contributed by atoms with Crippen LogP contribution in [0.15, 0.2) is 44.0 Å². The Morgan fingerprint density at radius 3 is 3.00 bits per heavy atom. The van der Waals surface area contributed by atoms with Gasteiger partial charge in [-0.05, 0) is 52.0 Å². The standard InChI is InChI=1S/C14H9BrFN3OS/c1-8-18-13-10(4-5-21-13)14(20)19(8)17-7-9-2-3-12(16)11(15)6-9/h2-7H,1H3/b17-7-. The van der Waals surface area contributed by atoms with Crippen LogP contribution in [0.4, 0.5) is 4.39 Å². The Balaban J connectivity index is 2.06. The lowest BCUT2D eigenvalue weighted by Crippen LogP contribution is -2.19. The van der Waals surface area contributed by atoms with E-state index in [-0.39, 0.29) is 11.4 Å². The van der Waals surface area contributed by atoms with Gasteiger partial charge in [-0.1, -0.05) is 6.07 Å². The molecule has 0 spiro atoms. The first kappa shape index (κ1) is 14.1. The highest BCUT2D eigenvalue weighted by Crippen LogP contribution is 2.16. The van der Waals surface area contributed by atoms with Gasteiger partial charge in [0.15, 0.2) is 0 Å². The van der Waals surface area contributed by atoms with Crippen molar-refractivity contribution in [1.29, 1.82) is 0 Å². The first-order valence-electron chi connectivity index (χ1n) is 6.02. The fraction of sp³-hybridized carbons (Fsp3) is 0.0714. The van der Waals surface area contributed by atoms with Gasteiger partial charge in [-0.15, -0.1) is 11.3 Å². The highest BCUT2D eigenvalue weighted by molar-refractivity contribution is 9.10. The molecule has 0 radical (unpaired) electrons. The van der Waals surface area contributed by atoms with Crippen LogP contribution in [0.3, 0.4) is 0 Å². The van der Waals surface area contributed by atoms with Crippen LogP contribution in [0.25, 0.3) is 10.2 Å². The van der Waals surface area contributed by atoms with Crippen LogP contribution in [0, 0.1) is 12.7 Å². The smallest absolute Gasteiger partial charge is 0.267 e. The molecule has 0 saturated heterocycles. The van der Waals surface area contributed by atoms with Crippen molar-refractivity contribution in [2.45, 2.75) is 6.92 Å². The number of hydrogen-bond donors (Lipinski definition) is 0. The lowest BCUT2D eigenvalue weighted by molar-refractivity contribution is 0.621. The lowest BCUT2D eigenvalue weighted by atomic mass is 10.2. The molecular weight excluding hydrogens is 357 g/mol. The Hall–Kier alpha value is -1.86. The van der Waals surface area contributed by atoms with Crippen molar-refractivity contribution in [2.75, 3.05) is 0 Å². The van der Waals surface area contributed by atoms with E-state index in [1.165, 1.54) is 28.3 Å². The molecule has 0 aliphatic carbocycles. The van der Waals surface area contributed by atoms with Gasteiger partial charge >= 0.3 is 0 Å². The monoisotopic (exact) mass is 365 g/mol. The molecule has 0 aliphatic heterocycles. The molecule has 21 heavy (non-hydrogen) atoms. The number of hydrogen-bond acceptors (Lipinski definition) is 4. The summed E-state index contributed by atoms with van der Waals surface area (Å²) in [6.07, 6.45) is 1.50. The zero-order chi connectivity index (χ0) is 15.0. The maximum absolute atomic E-state index is 13.2. The Labute approximate surface area is 131 Å². The van der Waals surface area contributed by atoms with Gasteiger partial charge in [0.25, 0.3) is 5.56 Å². The van der Waals surface area contributed by atoms with Gasteiger partial charge < -0.3 is 0 Å². The number of fused-ring (bicyclic) bond motifs is 1. The summed E-state index contributed by atoms with van der Waals surface area (Å²) in [4.78, 5) is 17.3. The van der Waals surface area contributed by atoms with E-state index >= 15 is 0 Å².